The fourth-order valence-corrected chi connectivity index (χ4v) is 3.93. The number of likely N-dealkylation sites (tertiary alicyclic amines) is 1. The van der Waals surface area contributed by atoms with Crippen LogP contribution in [-0.2, 0) is 4.79 Å². The smallest absolute Gasteiger partial charge is 0.237 e. The number of rotatable bonds is 4. The lowest BCUT2D eigenvalue weighted by Crippen LogP contribution is -2.45. The van der Waals surface area contributed by atoms with Gasteiger partial charge in [0.1, 0.15) is 0 Å². The molecule has 2 atom stereocenters. The molecule has 1 heterocycles. The molecule has 0 radical (unpaired) electrons. The van der Waals surface area contributed by atoms with Gasteiger partial charge in [0.2, 0.25) is 5.91 Å². The summed E-state index contributed by atoms with van der Waals surface area (Å²) in [4.78, 5) is 14.4. The van der Waals surface area contributed by atoms with Gasteiger partial charge in [0.25, 0.3) is 0 Å². The second-order valence-corrected chi connectivity index (χ2v) is 7.06. The topological polar surface area (TPSA) is 44.4 Å². The number of carbonyl (C=O) groups is 1. The number of nitrogens with zero attached hydrogens (tertiary/aromatic N) is 1. The van der Waals surface area contributed by atoms with Gasteiger partial charge in [-0.1, -0.05) is 32.1 Å². The summed E-state index contributed by atoms with van der Waals surface area (Å²) >= 11 is 0. The highest BCUT2D eigenvalue weighted by Crippen LogP contribution is 2.23. The fraction of sp³-hybridized carbons (Fsp3) is 0.941. The van der Waals surface area contributed by atoms with Crippen molar-refractivity contribution in [3.05, 3.63) is 0 Å². The lowest BCUT2D eigenvalue weighted by Gasteiger charge is -2.27. The molecule has 0 unspecified atom stereocenters. The minimum absolute atomic E-state index is 0.0426. The Bertz CT molecular complexity index is 324. The van der Waals surface area contributed by atoms with Crippen LogP contribution in [0.5, 0.6) is 0 Å². The Hall–Kier alpha value is -0.610. The maximum Gasteiger partial charge on any atom is 0.237 e. The van der Waals surface area contributed by atoms with Crippen LogP contribution in [0.1, 0.15) is 65.2 Å². The largest absolute Gasteiger partial charge is 0.358 e. The summed E-state index contributed by atoms with van der Waals surface area (Å²) < 4.78 is 0. The van der Waals surface area contributed by atoms with E-state index < -0.39 is 0 Å². The predicted octanol–water partition coefficient (Wildman–Crippen LogP) is 2.29. The molecule has 0 aromatic carbocycles. The molecular weight excluding hydrogens is 262 g/mol. The molecule has 1 saturated heterocycles. The van der Waals surface area contributed by atoms with E-state index >= 15 is 0 Å². The first-order valence-electron chi connectivity index (χ1n) is 8.85. The average Bonchev–Trinajstić information content (AvgIpc) is 2.85. The van der Waals surface area contributed by atoms with Crippen molar-refractivity contribution in [3.63, 3.8) is 0 Å². The molecule has 1 saturated carbocycles. The van der Waals surface area contributed by atoms with Gasteiger partial charge in [-0.2, -0.15) is 0 Å². The van der Waals surface area contributed by atoms with Crippen LogP contribution >= 0.6 is 0 Å². The zero-order chi connectivity index (χ0) is 15.2. The summed E-state index contributed by atoms with van der Waals surface area (Å²) in [7, 11) is 1.75. The third-order valence-electron chi connectivity index (χ3n) is 5.13. The quantitative estimate of drug-likeness (QED) is 0.836. The molecule has 0 aromatic rings. The monoisotopic (exact) mass is 295 g/mol. The summed E-state index contributed by atoms with van der Waals surface area (Å²) in [6, 6.07) is 1.60. The van der Waals surface area contributed by atoms with Crippen LogP contribution in [0.15, 0.2) is 0 Å². The maximum absolute atomic E-state index is 12.1. The van der Waals surface area contributed by atoms with E-state index in [-0.39, 0.29) is 11.9 Å². The SMILES string of the molecule is CNC(=O)[C@@H]1C[C@@H](NC2CCCCCCC2)CN1C(C)C. The second-order valence-electron chi connectivity index (χ2n) is 7.06. The van der Waals surface area contributed by atoms with Gasteiger partial charge in [-0.25, -0.2) is 0 Å². The molecule has 2 fully saturated rings. The molecule has 0 bridgehead atoms. The zero-order valence-electron chi connectivity index (χ0n) is 14.0. The number of carbonyl (C=O) groups excluding carboxylic acids is 1. The van der Waals surface area contributed by atoms with Crippen LogP contribution < -0.4 is 10.6 Å². The molecule has 1 amide bonds. The van der Waals surface area contributed by atoms with E-state index in [1.165, 1.54) is 44.9 Å². The van der Waals surface area contributed by atoms with Gasteiger partial charge in [0, 0.05) is 31.7 Å². The van der Waals surface area contributed by atoms with Gasteiger partial charge < -0.3 is 10.6 Å². The molecule has 2 aliphatic rings. The molecule has 2 N–H and O–H groups in total. The molecule has 21 heavy (non-hydrogen) atoms. The number of amides is 1. The van der Waals surface area contributed by atoms with E-state index in [9.17, 15) is 4.79 Å². The van der Waals surface area contributed by atoms with Gasteiger partial charge in [-0.15, -0.1) is 0 Å². The summed E-state index contributed by atoms with van der Waals surface area (Å²) in [5, 5.41) is 6.68. The Kier molecular flexibility index (Phi) is 6.49. The number of hydrogen-bond donors (Lipinski definition) is 2. The maximum atomic E-state index is 12.1. The third-order valence-corrected chi connectivity index (χ3v) is 5.13. The van der Waals surface area contributed by atoms with Crippen molar-refractivity contribution >= 4 is 5.91 Å². The fourth-order valence-electron chi connectivity index (χ4n) is 3.93. The Morgan fingerprint density at radius 3 is 2.24 bits per heavy atom. The Morgan fingerprint density at radius 2 is 1.67 bits per heavy atom. The van der Waals surface area contributed by atoms with Crippen molar-refractivity contribution in [2.45, 2.75) is 89.4 Å². The predicted molar refractivity (Wildman–Crippen MR) is 87.3 cm³/mol. The van der Waals surface area contributed by atoms with E-state index in [0.717, 1.165) is 13.0 Å². The van der Waals surface area contributed by atoms with Crippen molar-refractivity contribution in [2.75, 3.05) is 13.6 Å². The van der Waals surface area contributed by atoms with Crippen molar-refractivity contribution in [3.8, 4) is 0 Å². The highest BCUT2D eigenvalue weighted by molar-refractivity contribution is 5.81. The van der Waals surface area contributed by atoms with E-state index in [1.54, 1.807) is 7.05 Å². The molecule has 0 spiro atoms. The Balaban J connectivity index is 1.90. The molecule has 1 aliphatic carbocycles. The van der Waals surface area contributed by atoms with E-state index in [4.69, 9.17) is 0 Å². The lowest BCUT2D eigenvalue weighted by atomic mass is 9.96. The Morgan fingerprint density at radius 1 is 1.05 bits per heavy atom. The average molecular weight is 295 g/mol. The van der Waals surface area contributed by atoms with Crippen molar-refractivity contribution < 1.29 is 4.79 Å². The summed E-state index contributed by atoms with van der Waals surface area (Å²) in [6.07, 6.45) is 10.5. The van der Waals surface area contributed by atoms with Gasteiger partial charge in [-0.3, -0.25) is 9.69 Å². The number of hydrogen-bond acceptors (Lipinski definition) is 3. The first-order valence-corrected chi connectivity index (χ1v) is 8.85. The lowest BCUT2D eigenvalue weighted by molar-refractivity contribution is -0.125. The highest BCUT2D eigenvalue weighted by Gasteiger charge is 2.38. The van der Waals surface area contributed by atoms with Gasteiger partial charge >= 0.3 is 0 Å². The minimum atomic E-state index is 0.0426. The zero-order valence-corrected chi connectivity index (χ0v) is 14.0. The first-order chi connectivity index (χ1) is 10.1. The molecule has 2 rings (SSSR count). The molecule has 4 nitrogen and oxygen atoms in total. The van der Waals surface area contributed by atoms with E-state index in [0.29, 0.717) is 18.1 Å². The van der Waals surface area contributed by atoms with Crippen molar-refractivity contribution in [1.82, 2.24) is 15.5 Å². The molecule has 1 aliphatic heterocycles. The van der Waals surface area contributed by atoms with Crippen LogP contribution in [0.25, 0.3) is 0 Å². The van der Waals surface area contributed by atoms with E-state index in [1.807, 2.05) is 0 Å². The number of nitrogens with one attached hydrogen (secondary N) is 2. The molecular formula is C17H33N3O. The van der Waals surface area contributed by atoms with Crippen LogP contribution in [0.4, 0.5) is 0 Å². The third kappa shape index (κ3) is 4.68. The highest BCUT2D eigenvalue weighted by atomic mass is 16.2. The summed E-state index contributed by atoms with van der Waals surface area (Å²) in [5.74, 6) is 0.172. The molecule has 0 aromatic heterocycles. The van der Waals surface area contributed by atoms with Crippen LogP contribution in [0.2, 0.25) is 0 Å². The van der Waals surface area contributed by atoms with E-state index in [2.05, 4.69) is 29.4 Å². The van der Waals surface area contributed by atoms with Crippen LogP contribution in [0, 0.1) is 0 Å². The standard InChI is InChI=1S/C17H33N3O/c1-13(2)20-12-15(11-16(20)17(21)18-3)19-14-9-7-5-4-6-8-10-14/h13-16,19H,4-12H2,1-3H3,(H,18,21)/t15-,16+/m1/s1. The van der Waals surface area contributed by atoms with Crippen molar-refractivity contribution in [1.29, 1.82) is 0 Å². The van der Waals surface area contributed by atoms with Gasteiger partial charge in [-0.05, 0) is 33.1 Å². The minimum Gasteiger partial charge on any atom is -0.358 e. The molecule has 122 valence electrons. The van der Waals surface area contributed by atoms with Gasteiger partial charge in [0.15, 0.2) is 0 Å². The normalized spacial score (nSPS) is 29.3. The number of likely N-dealkylation sites (N-methyl/N-ethyl adjacent to an activating group) is 1. The summed E-state index contributed by atoms with van der Waals surface area (Å²) in [6.45, 7) is 5.38. The Labute approximate surface area is 130 Å². The molecule has 4 heteroatoms. The first kappa shape index (κ1) is 16.8. The van der Waals surface area contributed by atoms with Crippen LogP contribution in [0.3, 0.4) is 0 Å². The van der Waals surface area contributed by atoms with Gasteiger partial charge in [0.05, 0.1) is 6.04 Å². The second kappa shape index (κ2) is 8.14. The summed E-state index contributed by atoms with van der Waals surface area (Å²) in [5.41, 5.74) is 0. The van der Waals surface area contributed by atoms with Crippen LogP contribution in [-0.4, -0.2) is 48.6 Å². The van der Waals surface area contributed by atoms with Crippen molar-refractivity contribution in [2.24, 2.45) is 0 Å².